The van der Waals surface area contributed by atoms with Gasteiger partial charge in [-0.1, -0.05) is 38.1 Å². The zero-order valence-corrected chi connectivity index (χ0v) is 13.2. The monoisotopic (exact) mass is 295 g/mol. The van der Waals surface area contributed by atoms with Crippen LogP contribution in [0.4, 0.5) is 0 Å². The third kappa shape index (κ3) is 3.41. The molecule has 2 unspecified atom stereocenters. The van der Waals surface area contributed by atoms with E-state index in [4.69, 9.17) is 5.73 Å². The number of benzene rings is 1. The third-order valence-electron chi connectivity index (χ3n) is 4.19. The Bertz CT molecular complexity index is 551. The third-order valence-corrected chi connectivity index (χ3v) is 6.45. The van der Waals surface area contributed by atoms with Gasteiger partial charge in [0.1, 0.15) is 0 Å². The van der Waals surface area contributed by atoms with Crippen molar-refractivity contribution in [1.29, 1.82) is 0 Å². The summed E-state index contributed by atoms with van der Waals surface area (Å²) in [7, 11) is -3.12. The molecular weight excluding hydrogens is 270 g/mol. The summed E-state index contributed by atoms with van der Waals surface area (Å²) < 4.78 is 25.2. The van der Waals surface area contributed by atoms with Gasteiger partial charge in [-0.2, -0.15) is 0 Å². The fourth-order valence-electron chi connectivity index (χ4n) is 2.91. The number of nitrogens with two attached hydrogens (primary N) is 1. The SMILES string of the molecule is CC(C)CCS(=O)(=O)C1CCCc2ccccc2C1N. The summed E-state index contributed by atoms with van der Waals surface area (Å²) in [5.41, 5.74) is 8.53. The molecule has 0 fully saturated rings. The first kappa shape index (κ1) is 15.5. The van der Waals surface area contributed by atoms with E-state index in [1.807, 2.05) is 18.2 Å². The topological polar surface area (TPSA) is 60.2 Å². The summed E-state index contributed by atoms with van der Waals surface area (Å²) in [4.78, 5) is 0. The van der Waals surface area contributed by atoms with Crippen LogP contribution < -0.4 is 5.73 Å². The lowest BCUT2D eigenvalue weighted by Gasteiger charge is -2.23. The van der Waals surface area contributed by atoms with E-state index in [1.165, 1.54) is 5.56 Å². The second-order valence-electron chi connectivity index (χ2n) is 6.20. The highest BCUT2D eigenvalue weighted by Crippen LogP contribution is 2.32. The second-order valence-corrected chi connectivity index (χ2v) is 8.54. The van der Waals surface area contributed by atoms with Crippen molar-refractivity contribution in [2.75, 3.05) is 5.75 Å². The van der Waals surface area contributed by atoms with E-state index in [1.54, 1.807) is 0 Å². The molecule has 20 heavy (non-hydrogen) atoms. The molecule has 0 radical (unpaired) electrons. The van der Waals surface area contributed by atoms with Crippen molar-refractivity contribution >= 4 is 9.84 Å². The number of hydrogen-bond acceptors (Lipinski definition) is 3. The number of rotatable bonds is 4. The van der Waals surface area contributed by atoms with Crippen LogP contribution in [0.15, 0.2) is 24.3 Å². The molecule has 1 aromatic rings. The van der Waals surface area contributed by atoms with E-state index in [-0.39, 0.29) is 11.8 Å². The van der Waals surface area contributed by atoms with Crippen LogP contribution in [0.1, 0.15) is 50.3 Å². The molecule has 3 nitrogen and oxygen atoms in total. The average molecular weight is 295 g/mol. The van der Waals surface area contributed by atoms with Crippen molar-refractivity contribution < 1.29 is 8.42 Å². The Morgan fingerprint density at radius 3 is 2.70 bits per heavy atom. The lowest BCUT2D eigenvalue weighted by atomic mass is 10.00. The minimum Gasteiger partial charge on any atom is -0.323 e. The van der Waals surface area contributed by atoms with Gasteiger partial charge in [0.2, 0.25) is 0 Å². The van der Waals surface area contributed by atoms with Crippen LogP contribution in [-0.2, 0) is 16.3 Å². The summed E-state index contributed by atoms with van der Waals surface area (Å²) in [5, 5.41) is -0.426. The highest BCUT2D eigenvalue weighted by atomic mass is 32.2. The highest BCUT2D eigenvalue weighted by Gasteiger charge is 2.34. The quantitative estimate of drug-likeness (QED) is 0.869. The largest absolute Gasteiger partial charge is 0.323 e. The van der Waals surface area contributed by atoms with Crippen molar-refractivity contribution in [3.8, 4) is 0 Å². The first-order chi connectivity index (χ1) is 9.42. The molecule has 0 bridgehead atoms. The molecule has 2 N–H and O–H groups in total. The van der Waals surface area contributed by atoms with Crippen molar-refractivity contribution in [1.82, 2.24) is 0 Å². The molecule has 112 valence electrons. The maximum Gasteiger partial charge on any atom is 0.155 e. The summed E-state index contributed by atoms with van der Waals surface area (Å²) in [6.45, 7) is 4.11. The standard InChI is InChI=1S/C16H25NO2S/c1-12(2)10-11-20(18,19)15-9-5-7-13-6-3-4-8-14(13)16(15)17/h3-4,6,8,12,15-16H,5,7,9-11,17H2,1-2H3. The van der Waals surface area contributed by atoms with Crippen molar-refractivity contribution in [2.45, 2.75) is 50.8 Å². The van der Waals surface area contributed by atoms with Crippen LogP contribution in [0.3, 0.4) is 0 Å². The number of aryl methyl sites for hydroxylation is 1. The Morgan fingerprint density at radius 2 is 2.00 bits per heavy atom. The summed E-state index contributed by atoms with van der Waals surface area (Å²) in [5.74, 6) is 0.657. The highest BCUT2D eigenvalue weighted by molar-refractivity contribution is 7.92. The minimum atomic E-state index is -3.12. The van der Waals surface area contributed by atoms with Gasteiger partial charge in [-0.25, -0.2) is 8.42 Å². The molecule has 0 aromatic heterocycles. The van der Waals surface area contributed by atoms with Gasteiger partial charge in [0.05, 0.1) is 11.0 Å². The van der Waals surface area contributed by atoms with Gasteiger partial charge in [-0.15, -0.1) is 0 Å². The van der Waals surface area contributed by atoms with E-state index >= 15 is 0 Å². The van der Waals surface area contributed by atoms with Crippen molar-refractivity contribution in [3.05, 3.63) is 35.4 Å². The molecule has 1 aliphatic rings. The molecule has 2 rings (SSSR count). The molecule has 4 heteroatoms. The average Bonchev–Trinajstić information content (AvgIpc) is 2.57. The fourth-order valence-corrected chi connectivity index (χ4v) is 5.14. The molecule has 2 atom stereocenters. The Balaban J connectivity index is 2.25. The maximum atomic E-state index is 12.6. The summed E-state index contributed by atoms with van der Waals surface area (Å²) >= 11 is 0. The smallest absolute Gasteiger partial charge is 0.155 e. The van der Waals surface area contributed by atoms with E-state index in [0.717, 1.165) is 18.4 Å². The van der Waals surface area contributed by atoms with Crippen LogP contribution >= 0.6 is 0 Å². The number of fused-ring (bicyclic) bond motifs is 1. The molecule has 1 aromatic carbocycles. The van der Waals surface area contributed by atoms with Gasteiger partial charge in [-0.05, 0) is 42.7 Å². The molecule has 0 amide bonds. The maximum absolute atomic E-state index is 12.6. The van der Waals surface area contributed by atoms with E-state index in [9.17, 15) is 8.42 Å². The van der Waals surface area contributed by atoms with Gasteiger partial charge in [0, 0.05) is 6.04 Å². The predicted molar refractivity (Wildman–Crippen MR) is 83.3 cm³/mol. The van der Waals surface area contributed by atoms with Crippen molar-refractivity contribution in [2.24, 2.45) is 11.7 Å². The van der Waals surface area contributed by atoms with Gasteiger partial charge in [-0.3, -0.25) is 0 Å². The van der Waals surface area contributed by atoms with E-state index in [2.05, 4.69) is 19.9 Å². The summed E-state index contributed by atoms with van der Waals surface area (Å²) in [6.07, 6.45) is 3.22. The second kappa shape index (κ2) is 6.27. The zero-order chi connectivity index (χ0) is 14.8. The Morgan fingerprint density at radius 1 is 1.30 bits per heavy atom. The molecular formula is C16H25NO2S. The molecule has 0 heterocycles. The molecule has 0 saturated carbocycles. The van der Waals surface area contributed by atoms with Crippen LogP contribution in [0.25, 0.3) is 0 Å². The summed E-state index contributed by atoms with van der Waals surface area (Å²) in [6, 6.07) is 7.61. The molecule has 0 aliphatic heterocycles. The van der Waals surface area contributed by atoms with Crippen LogP contribution in [0.2, 0.25) is 0 Å². The van der Waals surface area contributed by atoms with E-state index < -0.39 is 15.1 Å². The molecule has 0 spiro atoms. The van der Waals surface area contributed by atoms with Crippen LogP contribution in [-0.4, -0.2) is 19.4 Å². The fraction of sp³-hybridized carbons (Fsp3) is 0.625. The van der Waals surface area contributed by atoms with E-state index in [0.29, 0.717) is 18.8 Å². The number of hydrogen-bond donors (Lipinski definition) is 1. The minimum absolute atomic E-state index is 0.255. The lowest BCUT2D eigenvalue weighted by molar-refractivity contribution is 0.529. The number of sulfone groups is 1. The van der Waals surface area contributed by atoms with Gasteiger partial charge < -0.3 is 5.73 Å². The van der Waals surface area contributed by atoms with Gasteiger partial charge in [0.25, 0.3) is 0 Å². The molecule has 0 saturated heterocycles. The van der Waals surface area contributed by atoms with Gasteiger partial charge in [0.15, 0.2) is 9.84 Å². The van der Waals surface area contributed by atoms with Gasteiger partial charge >= 0.3 is 0 Å². The van der Waals surface area contributed by atoms with Crippen LogP contribution in [0, 0.1) is 5.92 Å². The normalized spacial score (nSPS) is 23.4. The van der Waals surface area contributed by atoms with Crippen LogP contribution in [0.5, 0.6) is 0 Å². The predicted octanol–water partition coefficient (Wildman–Crippen LogP) is 2.85. The first-order valence-corrected chi connectivity index (χ1v) is 9.18. The Hall–Kier alpha value is -0.870. The zero-order valence-electron chi connectivity index (χ0n) is 12.4. The Kier molecular flexibility index (Phi) is 4.86. The Labute approximate surface area is 122 Å². The first-order valence-electron chi connectivity index (χ1n) is 7.47. The molecule has 1 aliphatic carbocycles. The van der Waals surface area contributed by atoms with Crippen molar-refractivity contribution in [3.63, 3.8) is 0 Å². The lowest BCUT2D eigenvalue weighted by Crippen LogP contribution is -2.35.